The third-order valence-electron chi connectivity index (χ3n) is 3.93. The van der Waals surface area contributed by atoms with E-state index >= 15 is 0 Å². The summed E-state index contributed by atoms with van der Waals surface area (Å²) in [6, 6.07) is 0. The van der Waals surface area contributed by atoms with Crippen LogP contribution in [0.25, 0.3) is 0 Å². The molecule has 0 aromatic carbocycles. The van der Waals surface area contributed by atoms with E-state index in [2.05, 4.69) is 0 Å². The van der Waals surface area contributed by atoms with Gasteiger partial charge in [-0.15, -0.1) is 0 Å². The molecule has 94 valence electrons. The van der Waals surface area contributed by atoms with Crippen molar-refractivity contribution in [2.24, 2.45) is 11.8 Å². The maximum Gasteiger partial charge on any atom is 0.308 e. The zero-order chi connectivity index (χ0) is 12.3. The van der Waals surface area contributed by atoms with E-state index in [9.17, 15) is 9.90 Å². The highest BCUT2D eigenvalue weighted by Crippen LogP contribution is 2.46. The molecule has 1 N–H and O–H groups in total. The van der Waals surface area contributed by atoms with E-state index in [0.29, 0.717) is 0 Å². The van der Waals surface area contributed by atoms with Gasteiger partial charge in [-0.1, -0.05) is 27.7 Å². The van der Waals surface area contributed by atoms with Crippen molar-refractivity contribution in [3.05, 3.63) is 0 Å². The summed E-state index contributed by atoms with van der Waals surface area (Å²) in [4.78, 5) is 11.6. The van der Waals surface area contributed by atoms with Crippen molar-refractivity contribution in [1.82, 2.24) is 0 Å². The summed E-state index contributed by atoms with van der Waals surface area (Å²) in [5, 5.41) is 10.3. The van der Waals surface area contributed by atoms with Crippen LogP contribution in [0.4, 0.5) is 0 Å². The third kappa shape index (κ3) is 2.76. The van der Waals surface area contributed by atoms with Crippen molar-refractivity contribution in [2.75, 3.05) is 0 Å². The van der Waals surface area contributed by atoms with Gasteiger partial charge in [-0.3, -0.25) is 4.79 Å². The summed E-state index contributed by atoms with van der Waals surface area (Å²) in [5.41, 5.74) is -0.638. The van der Waals surface area contributed by atoms with Gasteiger partial charge in [0.1, 0.15) is 6.10 Å². The predicted octanol–water partition coefficient (Wildman–Crippen LogP) is 2.52. The Bertz CT molecular complexity index is 246. The van der Waals surface area contributed by atoms with Gasteiger partial charge in [-0.25, -0.2) is 0 Å². The molecule has 1 saturated carbocycles. The van der Waals surface area contributed by atoms with Crippen molar-refractivity contribution in [2.45, 2.75) is 65.1 Å². The number of carbonyl (C=O) groups excluding carboxylic acids is 1. The van der Waals surface area contributed by atoms with Crippen LogP contribution in [0.2, 0.25) is 0 Å². The highest BCUT2D eigenvalue weighted by Gasteiger charge is 2.52. The van der Waals surface area contributed by atoms with E-state index < -0.39 is 5.60 Å². The lowest BCUT2D eigenvalue weighted by molar-refractivity contribution is -0.151. The van der Waals surface area contributed by atoms with E-state index in [1.807, 2.05) is 27.7 Å². The van der Waals surface area contributed by atoms with Crippen LogP contribution in [-0.4, -0.2) is 22.8 Å². The normalized spacial score (nSPS) is 26.3. The molecule has 0 radical (unpaired) electrons. The first-order valence-corrected chi connectivity index (χ1v) is 6.41. The lowest BCUT2D eigenvalue weighted by atomic mass is 9.91. The molecule has 3 unspecified atom stereocenters. The fraction of sp³-hybridized carbons (Fsp3) is 0.923. The average Bonchev–Trinajstić information content (AvgIpc) is 3.06. The predicted molar refractivity (Wildman–Crippen MR) is 63.0 cm³/mol. The van der Waals surface area contributed by atoms with Crippen LogP contribution in [0, 0.1) is 11.8 Å². The Balaban J connectivity index is 2.42. The molecule has 1 fully saturated rings. The van der Waals surface area contributed by atoms with Gasteiger partial charge in [0.25, 0.3) is 0 Å². The Morgan fingerprint density at radius 1 is 1.44 bits per heavy atom. The fourth-order valence-corrected chi connectivity index (χ4v) is 2.07. The fourth-order valence-electron chi connectivity index (χ4n) is 2.07. The number of ether oxygens (including phenoxy) is 1. The molecule has 0 aromatic heterocycles. The molecule has 0 amide bonds. The Labute approximate surface area is 98.2 Å². The molecule has 1 aliphatic carbocycles. The van der Waals surface area contributed by atoms with E-state index in [4.69, 9.17) is 4.74 Å². The quantitative estimate of drug-likeness (QED) is 0.710. The van der Waals surface area contributed by atoms with E-state index in [0.717, 1.165) is 25.7 Å². The molecule has 1 aliphatic rings. The highest BCUT2D eigenvalue weighted by atomic mass is 16.6. The molecule has 0 heterocycles. The highest BCUT2D eigenvalue weighted by molar-refractivity contribution is 5.72. The van der Waals surface area contributed by atoms with E-state index in [1.54, 1.807) is 0 Å². The zero-order valence-corrected chi connectivity index (χ0v) is 10.8. The van der Waals surface area contributed by atoms with Crippen LogP contribution >= 0.6 is 0 Å². The lowest BCUT2D eigenvalue weighted by Crippen LogP contribution is -2.32. The van der Waals surface area contributed by atoms with Gasteiger partial charge in [-0.2, -0.15) is 0 Å². The minimum absolute atomic E-state index is 0.0300. The van der Waals surface area contributed by atoms with Crippen LogP contribution in [0.1, 0.15) is 53.4 Å². The number of aliphatic hydroxyl groups is 1. The average molecular weight is 228 g/mol. The minimum atomic E-state index is -0.638. The summed E-state index contributed by atoms with van der Waals surface area (Å²) in [6.45, 7) is 7.82. The van der Waals surface area contributed by atoms with Gasteiger partial charge in [0.15, 0.2) is 0 Å². The molecule has 3 heteroatoms. The maximum absolute atomic E-state index is 11.6. The second kappa shape index (κ2) is 5.17. The van der Waals surface area contributed by atoms with Gasteiger partial charge in [0.05, 0.1) is 11.5 Å². The Morgan fingerprint density at radius 3 is 2.44 bits per heavy atom. The van der Waals surface area contributed by atoms with Crippen molar-refractivity contribution in [3.8, 4) is 0 Å². The van der Waals surface area contributed by atoms with Crippen molar-refractivity contribution < 1.29 is 14.6 Å². The van der Waals surface area contributed by atoms with Gasteiger partial charge < -0.3 is 9.84 Å². The molecular formula is C13H24O3. The smallest absolute Gasteiger partial charge is 0.308 e. The molecule has 0 aliphatic heterocycles. The number of hydrogen-bond acceptors (Lipinski definition) is 3. The molecule has 3 nitrogen and oxygen atoms in total. The Kier molecular flexibility index (Phi) is 4.36. The number of hydrogen-bond donors (Lipinski definition) is 1. The Hall–Kier alpha value is -0.570. The van der Waals surface area contributed by atoms with Crippen LogP contribution in [0.5, 0.6) is 0 Å². The first kappa shape index (κ1) is 13.5. The molecule has 0 spiro atoms. The Morgan fingerprint density at radius 2 is 2.00 bits per heavy atom. The third-order valence-corrected chi connectivity index (χ3v) is 3.93. The van der Waals surface area contributed by atoms with Crippen LogP contribution in [0.15, 0.2) is 0 Å². The van der Waals surface area contributed by atoms with Crippen LogP contribution < -0.4 is 0 Å². The second-order valence-corrected chi connectivity index (χ2v) is 4.94. The van der Waals surface area contributed by atoms with Crippen molar-refractivity contribution >= 4 is 5.97 Å². The zero-order valence-electron chi connectivity index (χ0n) is 10.8. The molecular weight excluding hydrogens is 204 g/mol. The molecule has 0 bridgehead atoms. The van der Waals surface area contributed by atoms with Gasteiger partial charge in [0, 0.05) is 5.92 Å². The largest absolute Gasteiger partial charge is 0.462 e. The lowest BCUT2D eigenvalue weighted by Gasteiger charge is -2.25. The van der Waals surface area contributed by atoms with E-state index in [1.165, 1.54) is 0 Å². The number of rotatable bonds is 6. The SMILES string of the molecule is CCC(C)C(=O)OC1CC1C(O)(CC)CC. The molecule has 16 heavy (non-hydrogen) atoms. The summed E-state index contributed by atoms with van der Waals surface area (Å²) in [7, 11) is 0. The molecule has 0 saturated heterocycles. The second-order valence-electron chi connectivity index (χ2n) is 4.94. The molecule has 1 rings (SSSR count). The van der Waals surface area contributed by atoms with E-state index in [-0.39, 0.29) is 23.9 Å². The molecule has 0 aromatic rings. The summed E-state index contributed by atoms with van der Waals surface area (Å²) in [6.07, 6.45) is 3.03. The van der Waals surface area contributed by atoms with Gasteiger partial charge >= 0.3 is 5.97 Å². The maximum atomic E-state index is 11.6. The van der Waals surface area contributed by atoms with Gasteiger partial charge in [0.2, 0.25) is 0 Å². The van der Waals surface area contributed by atoms with Gasteiger partial charge in [-0.05, 0) is 25.7 Å². The first-order chi connectivity index (χ1) is 7.48. The monoisotopic (exact) mass is 228 g/mol. The minimum Gasteiger partial charge on any atom is -0.462 e. The molecule has 3 atom stereocenters. The van der Waals surface area contributed by atoms with Crippen molar-refractivity contribution in [1.29, 1.82) is 0 Å². The topological polar surface area (TPSA) is 46.5 Å². The number of esters is 1. The summed E-state index contributed by atoms with van der Waals surface area (Å²) >= 11 is 0. The van der Waals surface area contributed by atoms with Crippen LogP contribution in [-0.2, 0) is 9.53 Å². The summed E-state index contributed by atoms with van der Waals surface area (Å²) in [5.74, 6) is -0.00217. The van der Waals surface area contributed by atoms with Crippen molar-refractivity contribution in [3.63, 3.8) is 0 Å². The van der Waals surface area contributed by atoms with Crippen LogP contribution in [0.3, 0.4) is 0 Å². The standard InChI is InChI=1S/C13H24O3/c1-5-9(4)12(14)16-11-8-10(11)13(15,6-2)7-3/h9-11,15H,5-8H2,1-4H3. The first-order valence-electron chi connectivity index (χ1n) is 6.41. The summed E-state index contributed by atoms with van der Waals surface area (Å²) < 4.78 is 5.38. The number of carbonyl (C=O) groups is 1.